The number of fused-ring (bicyclic) bond motifs is 3. The molecule has 114 valence electrons. The Morgan fingerprint density at radius 2 is 1.82 bits per heavy atom. The molecule has 0 fully saturated rings. The van der Waals surface area contributed by atoms with Crippen molar-refractivity contribution in [2.45, 2.75) is 12.2 Å². The van der Waals surface area contributed by atoms with E-state index in [2.05, 4.69) is 24.3 Å². The number of amides is 1. The first-order valence-corrected chi connectivity index (χ1v) is 8.79. The van der Waals surface area contributed by atoms with E-state index in [0.717, 1.165) is 12.0 Å². The lowest BCUT2D eigenvalue weighted by molar-refractivity contribution is -0.125. The van der Waals surface area contributed by atoms with Crippen molar-refractivity contribution < 1.29 is 9.00 Å². The second-order valence-electron chi connectivity index (χ2n) is 5.80. The maximum absolute atomic E-state index is 12.3. The highest BCUT2D eigenvalue weighted by molar-refractivity contribution is 7.84. The van der Waals surface area contributed by atoms with Crippen LogP contribution in [0.3, 0.4) is 0 Å². The Labute approximate surface area is 133 Å². The first kappa shape index (κ1) is 15.0. The zero-order valence-corrected chi connectivity index (χ0v) is 13.7. The summed E-state index contributed by atoms with van der Waals surface area (Å²) in [6.45, 7) is 0. The molecule has 22 heavy (non-hydrogen) atoms. The average molecular weight is 313 g/mol. The normalized spacial score (nSPS) is 13.4. The number of hydrogen-bond acceptors (Lipinski definition) is 2. The molecule has 1 aliphatic rings. The van der Waals surface area contributed by atoms with Gasteiger partial charge in [0.2, 0.25) is 5.91 Å². The average Bonchev–Trinajstić information content (AvgIpc) is 2.86. The van der Waals surface area contributed by atoms with Crippen LogP contribution < -0.4 is 0 Å². The van der Waals surface area contributed by atoms with E-state index >= 15 is 0 Å². The molecule has 3 nitrogen and oxygen atoms in total. The highest BCUT2D eigenvalue weighted by Crippen LogP contribution is 2.39. The van der Waals surface area contributed by atoms with Crippen molar-refractivity contribution in [3.63, 3.8) is 0 Å². The number of carbonyl (C=O) groups excluding carboxylic acids is 1. The van der Waals surface area contributed by atoms with E-state index in [4.69, 9.17) is 0 Å². The lowest BCUT2D eigenvalue weighted by atomic mass is 10.0. The minimum atomic E-state index is -1.18. The van der Waals surface area contributed by atoms with Crippen LogP contribution in [-0.2, 0) is 27.8 Å². The molecule has 2 aromatic carbocycles. The third-order valence-electron chi connectivity index (χ3n) is 4.00. The highest BCUT2D eigenvalue weighted by Gasteiger charge is 2.22. The fourth-order valence-corrected chi connectivity index (χ4v) is 4.10. The topological polar surface area (TPSA) is 37.4 Å². The van der Waals surface area contributed by atoms with Gasteiger partial charge >= 0.3 is 0 Å². The summed E-state index contributed by atoms with van der Waals surface area (Å²) in [5, 5.41) is 0. The molecule has 0 aliphatic heterocycles. The number of nitrogens with zero attached hydrogens (tertiary/aromatic N) is 1. The number of rotatable bonds is 4. The zero-order valence-electron chi connectivity index (χ0n) is 12.8. The first-order chi connectivity index (χ1) is 10.6. The molecule has 3 rings (SSSR count). The minimum Gasteiger partial charge on any atom is -0.348 e. The summed E-state index contributed by atoms with van der Waals surface area (Å²) < 4.78 is 12.3. The minimum absolute atomic E-state index is 0.0817. The third-order valence-corrected chi connectivity index (χ3v) is 5.21. The van der Waals surface area contributed by atoms with E-state index in [9.17, 15) is 9.00 Å². The largest absolute Gasteiger partial charge is 0.348 e. The predicted octanol–water partition coefficient (Wildman–Crippen LogP) is 2.59. The maximum atomic E-state index is 12.3. The summed E-state index contributed by atoms with van der Waals surface area (Å²) in [6, 6.07) is 14.5. The van der Waals surface area contributed by atoms with E-state index < -0.39 is 10.8 Å². The van der Waals surface area contributed by atoms with Gasteiger partial charge in [-0.1, -0.05) is 42.5 Å². The van der Waals surface area contributed by atoms with Gasteiger partial charge in [0.25, 0.3) is 0 Å². The zero-order chi connectivity index (χ0) is 15.7. The van der Waals surface area contributed by atoms with Crippen LogP contribution in [0.25, 0.3) is 11.1 Å². The van der Waals surface area contributed by atoms with Gasteiger partial charge in [0.15, 0.2) is 0 Å². The molecule has 4 heteroatoms. The summed E-state index contributed by atoms with van der Waals surface area (Å²) in [4.78, 5) is 13.2. The van der Waals surface area contributed by atoms with Crippen molar-refractivity contribution in [2.75, 3.05) is 19.8 Å². The van der Waals surface area contributed by atoms with Crippen LogP contribution in [0, 0.1) is 0 Å². The van der Waals surface area contributed by atoms with Crippen LogP contribution in [0.15, 0.2) is 42.5 Å². The SMILES string of the molecule is CN(C)C(=O)C[S@](=O)Cc1cccc2c1-c1ccccc1C2. The molecule has 0 spiro atoms. The lowest BCUT2D eigenvalue weighted by Gasteiger charge is -2.12. The molecule has 1 amide bonds. The Kier molecular flexibility index (Phi) is 4.12. The molecular weight excluding hydrogens is 294 g/mol. The molecule has 0 heterocycles. The molecule has 0 radical (unpaired) electrons. The van der Waals surface area contributed by atoms with Crippen LogP contribution in [0.1, 0.15) is 16.7 Å². The van der Waals surface area contributed by atoms with Gasteiger partial charge in [-0.2, -0.15) is 0 Å². The molecule has 0 N–H and O–H groups in total. The summed E-state index contributed by atoms with van der Waals surface area (Å²) in [7, 11) is 2.20. The van der Waals surface area contributed by atoms with Crippen molar-refractivity contribution in [2.24, 2.45) is 0 Å². The van der Waals surface area contributed by atoms with Gasteiger partial charge in [-0.25, -0.2) is 0 Å². The second kappa shape index (κ2) is 6.05. The maximum Gasteiger partial charge on any atom is 0.234 e. The van der Waals surface area contributed by atoms with Gasteiger partial charge in [0.1, 0.15) is 5.75 Å². The van der Waals surface area contributed by atoms with Crippen LogP contribution in [0.4, 0.5) is 0 Å². The van der Waals surface area contributed by atoms with E-state index in [1.54, 1.807) is 14.1 Å². The van der Waals surface area contributed by atoms with Crippen molar-refractivity contribution in [1.29, 1.82) is 0 Å². The smallest absolute Gasteiger partial charge is 0.234 e. The monoisotopic (exact) mass is 313 g/mol. The number of carbonyl (C=O) groups is 1. The Morgan fingerprint density at radius 1 is 1.09 bits per heavy atom. The summed E-state index contributed by atoms with van der Waals surface area (Å²) in [6.07, 6.45) is 0.933. The van der Waals surface area contributed by atoms with E-state index in [1.807, 2.05) is 18.2 Å². The quantitative estimate of drug-likeness (QED) is 0.742. The van der Waals surface area contributed by atoms with Crippen LogP contribution in [-0.4, -0.2) is 34.9 Å². The van der Waals surface area contributed by atoms with Gasteiger partial charge in [-0.15, -0.1) is 0 Å². The van der Waals surface area contributed by atoms with Crippen molar-refractivity contribution in [3.05, 3.63) is 59.2 Å². The first-order valence-electron chi connectivity index (χ1n) is 7.30. The number of hydrogen-bond donors (Lipinski definition) is 0. The molecule has 0 saturated heterocycles. The van der Waals surface area contributed by atoms with E-state index in [-0.39, 0.29) is 11.7 Å². The molecule has 1 atom stereocenters. The van der Waals surface area contributed by atoms with E-state index in [1.165, 1.54) is 27.2 Å². The number of benzene rings is 2. The molecule has 1 aliphatic carbocycles. The molecule has 0 bridgehead atoms. The van der Waals surface area contributed by atoms with Gasteiger partial charge in [-0.3, -0.25) is 9.00 Å². The van der Waals surface area contributed by atoms with Gasteiger partial charge in [0, 0.05) is 30.6 Å². The third kappa shape index (κ3) is 2.83. The molecule has 0 saturated carbocycles. The van der Waals surface area contributed by atoms with Crippen molar-refractivity contribution >= 4 is 16.7 Å². The van der Waals surface area contributed by atoms with Crippen LogP contribution >= 0.6 is 0 Å². The standard InChI is InChI=1S/C18H19NO2S/c1-19(2)17(20)12-22(21)11-15-8-5-7-14-10-13-6-3-4-9-16(13)18(14)15/h3-9H,10-12H2,1-2H3/t22-/m1/s1. The van der Waals surface area contributed by atoms with Gasteiger partial charge in [-0.05, 0) is 34.2 Å². The fraction of sp³-hybridized carbons (Fsp3) is 0.278. The van der Waals surface area contributed by atoms with Crippen LogP contribution in [0.5, 0.6) is 0 Å². The lowest BCUT2D eigenvalue weighted by Crippen LogP contribution is -2.27. The van der Waals surface area contributed by atoms with Crippen molar-refractivity contribution in [1.82, 2.24) is 4.90 Å². The van der Waals surface area contributed by atoms with Crippen molar-refractivity contribution in [3.8, 4) is 11.1 Å². The summed E-state index contributed by atoms with van der Waals surface area (Å²) in [5.74, 6) is 0.418. The van der Waals surface area contributed by atoms with Gasteiger partial charge < -0.3 is 4.90 Å². The second-order valence-corrected chi connectivity index (χ2v) is 7.26. The Morgan fingerprint density at radius 3 is 2.59 bits per heavy atom. The molecule has 0 unspecified atom stereocenters. The summed E-state index contributed by atoms with van der Waals surface area (Å²) >= 11 is 0. The van der Waals surface area contributed by atoms with E-state index in [0.29, 0.717) is 5.75 Å². The molecule has 0 aromatic heterocycles. The Hall–Kier alpha value is -1.94. The molecule has 2 aromatic rings. The van der Waals surface area contributed by atoms with Crippen LogP contribution in [0.2, 0.25) is 0 Å². The van der Waals surface area contributed by atoms with Gasteiger partial charge in [0.05, 0.1) is 0 Å². The Balaban J connectivity index is 1.87. The Bertz CT molecular complexity index is 753. The predicted molar refractivity (Wildman–Crippen MR) is 90.1 cm³/mol. The summed E-state index contributed by atoms with van der Waals surface area (Å²) in [5.41, 5.74) is 6.13. The molecular formula is C18H19NO2S. The fourth-order valence-electron chi connectivity index (χ4n) is 2.88. The highest BCUT2D eigenvalue weighted by atomic mass is 32.2.